The summed E-state index contributed by atoms with van der Waals surface area (Å²) in [6.07, 6.45) is 5.04. The number of carbonyl (C=O) groups is 2. The van der Waals surface area contributed by atoms with E-state index in [-0.39, 0.29) is 11.8 Å². The van der Waals surface area contributed by atoms with Crippen molar-refractivity contribution in [1.82, 2.24) is 5.32 Å². The molecule has 2 N–H and O–H groups in total. The predicted octanol–water partition coefficient (Wildman–Crippen LogP) is 2.47. The average Bonchev–Trinajstić information content (AvgIpc) is 3.14. The molecule has 3 rings (SSSR count). The molecule has 1 aromatic heterocycles. The van der Waals surface area contributed by atoms with E-state index in [0.29, 0.717) is 10.8 Å². The van der Waals surface area contributed by atoms with Crippen LogP contribution in [0, 0.1) is 11.8 Å². The van der Waals surface area contributed by atoms with Crippen molar-refractivity contribution in [3.63, 3.8) is 0 Å². The Bertz CT molecular complexity index is 547. The molecular formula is C15H19NO3S. The maximum atomic E-state index is 12.2. The first kappa shape index (κ1) is 13.6. The second kappa shape index (κ2) is 5.20. The van der Waals surface area contributed by atoms with Gasteiger partial charge in [0.05, 0.1) is 4.88 Å². The molecule has 1 aromatic rings. The van der Waals surface area contributed by atoms with Gasteiger partial charge in [-0.1, -0.05) is 6.92 Å². The summed E-state index contributed by atoms with van der Waals surface area (Å²) in [6.45, 7) is 2.23. The van der Waals surface area contributed by atoms with Crippen LogP contribution in [0.25, 0.3) is 0 Å². The van der Waals surface area contributed by atoms with Gasteiger partial charge in [-0.2, -0.15) is 0 Å². The first-order valence-corrected chi connectivity index (χ1v) is 8.01. The van der Waals surface area contributed by atoms with E-state index >= 15 is 0 Å². The summed E-state index contributed by atoms with van der Waals surface area (Å²) >= 11 is 1.53. The fourth-order valence-corrected chi connectivity index (χ4v) is 3.95. The van der Waals surface area contributed by atoms with Crippen LogP contribution >= 0.6 is 11.3 Å². The minimum atomic E-state index is -0.921. The van der Waals surface area contributed by atoms with Crippen molar-refractivity contribution >= 4 is 23.2 Å². The molecule has 2 atom stereocenters. The van der Waals surface area contributed by atoms with Gasteiger partial charge >= 0.3 is 5.97 Å². The molecule has 2 aliphatic carbocycles. The first-order chi connectivity index (χ1) is 9.54. The first-order valence-electron chi connectivity index (χ1n) is 7.20. The van der Waals surface area contributed by atoms with E-state index in [0.717, 1.165) is 25.7 Å². The Morgan fingerprint density at radius 2 is 2.15 bits per heavy atom. The van der Waals surface area contributed by atoms with E-state index in [9.17, 15) is 9.59 Å². The zero-order valence-electron chi connectivity index (χ0n) is 11.5. The van der Waals surface area contributed by atoms with Gasteiger partial charge in [0.2, 0.25) is 0 Å². The minimum Gasteiger partial charge on any atom is -0.480 e. The summed E-state index contributed by atoms with van der Waals surface area (Å²) in [4.78, 5) is 25.4. The Morgan fingerprint density at radius 1 is 1.40 bits per heavy atom. The fraction of sp³-hybridized carbons (Fsp3) is 0.600. The zero-order chi connectivity index (χ0) is 14.3. The minimum absolute atomic E-state index is 0.117. The van der Waals surface area contributed by atoms with E-state index in [2.05, 4.69) is 12.2 Å². The van der Waals surface area contributed by atoms with Crippen LogP contribution in [0.3, 0.4) is 0 Å². The molecule has 2 aliphatic rings. The van der Waals surface area contributed by atoms with Gasteiger partial charge in [-0.25, -0.2) is 4.79 Å². The van der Waals surface area contributed by atoms with E-state index < -0.39 is 12.0 Å². The van der Waals surface area contributed by atoms with Crippen LogP contribution in [0.15, 0.2) is 6.07 Å². The lowest BCUT2D eigenvalue weighted by atomic mass is 9.90. The van der Waals surface area contributed by atoms with Gasteiger partial charge in [-0.05, 0) is 55.6 Å². The number of carboxylic acid groups (broad SMARTS) is 1. The second-order valence-electron chi connectivity index (χ2n) is 6.03. The van der Waals surface area contributed by atoms with Gasteiger partial charge < -0.3 is 10.4 Å². The molecule has 0 saturated heterocycles. The highest BCUT2D eigenvalue weighted by molar-refractivity contribution is 7.14. The highest BCUT2D eigenvalue weighted by Gasteiger charge is 2.37. The Morgan fingerprint density at radius 3 is 2.80 bits per heavy atom. The molecule has 0 bridgehead atoms. The van der Waals surface area contributed by atoms with Gasteiger partial charge in [0.1, 0.15) is 6.04 Å². The Balaban J connectivity index is 1.72. The highest BCUT2D eigenvalue weighted by Crippen LogP contribution is 2.34. The van der Waals surface area contributed by atoms with Crippen molar-refractivity contribution in [2.75, 3.05) is 0 Å². The molecule has 4 nitrogen and oxygen atoms in total. The highest BCUT2D eigenvalue weighted by atomic mass is 32.1. The van der Waals surface area contributed by atoms with Crippen LogP contribution in [-0.4, -0.2) is 23.0 Å². The Hall–Kier alpha value is -1.36. The summed E-state index contributed by atoms with van der Waals surface area (Å²) in [6, 6.07) is 1.23. The van der Waals surface area contributed by atoms with E-state index in [1.165, 1.54) is 28.2 Å². The fourth-order valence-electron chi connectivity index (χ4n) is 2.84. The van der Waals surface area contributed by atoms with E-state index in [4.69, 9.17) is 5.11 Å². The third kappa shape index (κ3) is 2.73. The second-order valence-corrected chi connectivity index (χ2v) is 7.17. The van der Waals surface area contributed by atoms with Gasteiger partial charge in [-0.15, -0.1) is 11.3 Å². The average molecular weight is 293 g/mol. The number of thiophene rings is 1. The van der Waals surface area contributed by atoms with Crippen LogP contribution in [0.4, 0.5) is 0 Å². The third-order valence-electron chi connectivity index (χ3n) is 4.20. The summed E-state index contributed by atoms with van der Waals surface area (Å²) in [5.41, 5.74) is 1.28. The largest absolute Gasteiger partial charge is 0.480 e. The number of rotatable bonds is 4. The number of hydrogen-bond acceptors (Lipinski definition) is 3. The normalized spacial score (nSPS) is 22.9. The van der Waals surface area contributed by atoms with Crippen LogP contribution in [0.2, 0.25) is 0 Å². The number of fused-ring (bicyclic) bond motifs is 1. The van der Waals surface area contributed by atoms with Gasteiger partial charge in [0, 0.05) is 4.88 Å². The van der Waals surface area contributed by atoms with Crippen molar-refractivity contribution in [3.8, 4) is 0 Å². The lowest BCUT2D eigenvalue weighted by molar-refractivity contribution is -0.139. The molecule has 1 fully saturated rings. The number of carboxylic acids is 1. The molecular weight excluding hydrogens is 274 g/mol. The topological polar surface area (TPSA) is 66.4 Å². The van der Waals surface area contributed by atoms with Crippen LogP contribution in [0.1, 0.15) is 46.3 Å². The van der Waals surface area contributed by atoms with Crippen LogP contribution < -0.4 is 5.32 Å². The monoisotopic (exact) mass is 293 g/mol. The Labute approximate surface area is 122 Å². The molecule has 0 aromatic carbocycles. The maximum absolute atomic E-state index is 12.2. The predicted molar refractivity (Wildman–Crippen MR) is 77.1 cm³/mol. The Kier molecular flexibility index (Phi) is 3.54. The van der Waals surface area contributed by atoms with Crippen molar-refractivity contribution in [3.05, 3.63) is 21.4 Å². The van der Waals surface area contributed by atoms with E-state index in [1.807, 2.05) is 6.07 Å². The van der Waals surface area contributed by atoms with Gasteiger partial charge in [0.25, 0.3) is 5.91 Å². The molecule has 2 unspecified atom stereocenters. The SMILES string of the molecule is CC1CCc2sc(C(=O)NC(C(=O)O)C3CC3)cc2C1. The standard InChI is InChI=1S/C15H19NO3S/c1-8-2-5-11-10(6-8)7-12(20-11)14(17)16-13(15(18)19)9-3-4-9/h7-9,13H,2-6H2,1H3,(H,16,17)(H,18,19). The van der Waals surface area contributed by atoms with Crippen molar-refractivity contribution in [1.29, 1.82) is 0 Å². The van der Waals surface area contributed by atoms with Crippen molar-refractivity contribution < 1.29 is 14.7 Å². The van der Waals surface area contributed by atoms with Crippen molar-refractivity contribution in [2.45, 2.75) is 45.1 Å². The number of carbonyl (C=O) groups excluding carboxylic acids is 1. The number of amides is 1. The van der Waals surface area contributed by atoms with E-state index in [1.54, 1.807) is 0 Å². The molecule has 0 aliphatic heterocycles. The molecule has 1 heterocycles. The number of aliphatic carboxylic acids is 1. The third-order valence-corrected chi connectivity index (χ3v) is 5.43. The molecule has 1 amide bonds. The summed E-state index contributed by atoms with van der Waals surface area (Å²) in [5, 5.41) is 11.9. The smallest absolute Gasteiger partial charge is 0.326 e. The lowest BCUT2D eigenvalue weighted by Crippen LogP contribution is -2.42. The lowest BCUT2D eigenvalue weighted by Gasteiger charge is -2.16. The number of hydrogen-bond donors (Lipinski definition) is 2. The van der Waals surface area contributed by atoms with Crippen LogP contribution in [0.5, 0.6) is 0 Å². The molecule has 0 spiro atoms. The number of aryl methyl sites for hydroxylation is 1. The molecule has 20 heavy (non-hydrogen) atoms. The molecule has 0 radical (unpaired) electrons. The summed E-state index contributed by atoms with van der Waals surface area (Å²) in [5.74, 6) is -0.357. The van der Waals surface area contributed by atoms with Gasteiger partial charge in [0.15, 0.2) is 0 Å². The number of nitrogens with one attached hydrogen (secondary N) is 1. The molecule has 5 heteroatoms. The zero-order valence-corrected chi connectivity index (χ0v) is 12.3. The maximum Gasteiger partial charge on any atom is 0.326 e. The quantitative estimate of drug-likeness (QED) is 0.896. The van der Waals surface area contributed by atoms with Gasteiger partial charge in [-0.3, -0.25) is 4.79 Å². The molecule has 1 saturated carbocycles. The van der Waals surface area contributed by atoms with Crippen molar-refractivity contribution in [2.24, 2.45) is 11.8 Å². The summed E-state index contributed by atoms with van der Waals surface area (Å²) in [7, 11) is 0. The summed E-state index contributed by atoms with van der Waals surface area (Å²) < 4.78 is 0. The van der Waals surface area contributed by atoms with Crippen LogP contribution in [-0.2, 0) is 17.6 Å². The molecule has 108 valence electrons.